The van der Waals surface area contributed by atoms with Gasteiger partial charge in [0.2, 0.25) is 5.91 Å². The maximum Gasteiger partial charge on any atom is 0.276 e. The lowest BCUT2D eigenvalue weighted by molar-refractivity contribution is -0.122. The summed E-state index contributed by atoms with van der Waals surface area (Å²) in [6.45, 7) is 3.76. The average Bonchev–Trinajstić information content (AvgIpc) is 2.62. The fourth-order valence-corrected chi connectivity index (χ4v) is 4.00. The first-order chi connectivity index (χ1) is 12.8. The second-order valence-electron chi connectivity index (χ2n) is 7.01. The number of hydrogen-bond donors (Lipinski definition) is 2. The standard InChI is InChI=1S/C20H23N3O3S/c1-15-8-10-17(11-9-15)27(25,26)23-22-18-12-13-19(24)21-20(18,2)14-16-6-4-3-5-7-16/h3-11,23H,12-14H2,1-2H3,(H,21,24)/b22-18-/t20-/m1/s1. The third-order valence-corrected chi connectivity index (χ3v) is 5.90. The first-order valence-electron chi connectivity index (χ1n) is 8.79. The van der Waals surface area contributed by atoms with Crippen LogP contribution in [0.3, 0.4) is 0 Å². The Morgan fingerprint density at radius 2 is 1.74 bits per heavy atom. The highest BCUT2D eigenvalue weighted by Gasteiger charge is 2.37. The van der Waals surface area contributed by atoms with E-state index < -0.39 is 15.6 Å². The number of aryl methyl sites for hydroxylation is 1. The number of nitrogens with zero attached hydrogens (tertiary/aromatic N) is 1. The summed E-state index contributed by atoms with van der Waals surface area (Å²) < 4.78 is 25.0. The number of benzene rings is 2. The van der Waals surface area contributed by atoms with Gasteiger partial charge in [-0.05, 0) is 38.0 Å². The van der Waals surface area contributed by atoms with E-state index in [2.05, 4.69) is 15.2 Å². The molecule has 0 spiro atoms. The lowest BCUT2D eigenvalue weighted by Gasteiger charge is -2.36. The van der Waals surface area contributed by atoms with Crippen LogP contribution in [-0.4, -0.2) is 25.6 Å². The maximum atomic E-state index is 12.5. The Balaban J connectivity index is 1.85. The smallest absolute Gasteiger partial charge is 0.276 e. The molecule has 2 aromatic carbocycles. The maximum absolute atomic E-state index is 12.5. The predicted octanol–water partition coefficient (Wildman–Crippen LogP) is 2.54. The van der Waals surface area contributed by atoms with Crippen molar-refractivity contribution in [1.82, 2.24) is 10.1 Å². The lowest BCUT2D eigenvalue weighted by atomic mass is 9.83. The van der Waals surface area contributed by atoms with Gasteiger partial charge in [-0.15, -0.1) is 0 Å². The van der Waals surface area contributed by atoms with Gasteiger partial charge in [-0.3, -0.25) is 4.79 Å². The summed E-state index contributed by atoms with van der Waals surface area (Å²) >= 11 is 0. The molecule has 6 nitrogen and oxygen atoms in total. The summed E-state index contributed by atoms with van der Waals surface area (Å²) in [5, 5.41) is 7.17. The van der Waals surface area contributed by atoms with E-state index in [4.69, 9.17) is 0 Å². The molecule has 27 heavy (non-hydrogen) atoms. The Kier molecular flexibility index (Phi) is 5.32. The minimum absolute atomic E-state index is 0.0613. The van der Waals surface area contributed by atoms with Crippen molar-refractivity contribution in [1.29, 1.82) is 0 Å². The number of carbonyl (C=O) groups is 1. The van der Waals surface area contributed by atoms with Gasteiger partial charge in [0.1, 0.15) is 0 Å². The van der Waals surface area contributed by atoms with Crippen molar-refractivity contribution in [3.05, 3.63) is 65.7 Å². The second-order valence-corrected chi connectivity index (χ2v) is 8.67. The molecule has 1 heterocycles. The Morgan fingerprint density at radius 1 is 1.07 bits per heavy atom. The van der Waals surface area contributed by atoms with Crippen LogP contribution in [0.5, 0.6) is 0 Å². The molecule has 2 N–H and O–H groups in total. The lowest BCUT2D eigenvalue weighted by Crippen LogP contribution is -2.57. The molecule has 0 bridgehead atoms. The third-order valence-electron chi connectivity index (χ3n) is 4.67. The number of rotatable bonds is 5. The van der Waals surface area contributed by atoms with Crippen molar-refractivity contribution >= 4 is 21.6 Å². The van der Waals surface area contributed by atoms with E-state index in [1.54, 1.807) is 24.3 Å². The summed E-state index contributed by atoms with van der Waals surface area (Å²) in [5.74, 6) is -0.0613. The van der Waals surface area contributed by atoms with Crippen LogP contribution in [0.25, 0.3) is 0 Å². The third kappa shape index (κ3) is 4.54. The van der Waals surface area contributed by atoms with Gasteiger partial charge in [-0.2, -0.15) is 13.5 Å². The molecule has 1 fully saturated rings. The van der Waals surface area contributed by atoms with Crippen LogP contribution in [-0.2, 0) is 21.2 Å². The summed E-state index contributed by atoms with van der Waals surface area (Å²) in [7, 11) is -3.76. The number of carbonyl (C=O) groups excluding carboxylic acids is 1. The fourth-order valence-electron chi connectivity index (χ4n) is 3.17. The molecule has 0 radical (unpaired) electrons. The summed E-state index contributed by atoms with van der Waals surface area (Å²) in [4.78, 5) is 14.4. The Bertz CT molecular complexity index is 954. The summed E-state index contributed by atoms with van der Waals surface area (Å²) in [6.07, 6.45) is 1.23. The number of hydrazone groups is 1. The number of nitrogens with one attached hydrogen (secondary N) is 2. The van der Waals surface area contributed by atoms with Crippen molar-refractivity contribution in [2.45, 2.75) is 43.5 Å². The Morgan fingerprint density at radius 3 is 2.41 bits per heavy atom. The molecule has 0 unspecified atom stereocenters. The molecule has 1 aliphatic heterocycles. The molecular formula is C20H23N3O3S. The van der Waals surface area contributed by atoms with Gasteiger partial charge in [0.15, 0.2) is 0 Å². The van der Waals surface area contributed by atoms with Gasteiger partial charge in [-0.25, -0.2) is 4.83 Å². The topological polar surface area (TPSA) is 87.6 Å². The van der Waals surface area contributed by atoms with Crippen LogP contribution in [0, 0.1) is 6.92 Å². The highest BCUT2D eigenvalue weighted by molar-refractivity contribution is 7.89. The minimum Gasteiger partial charge on any atom is -0.345 e. The number of hydrogen-bond acceptors (Lipinski definition) is 4. The minimum atomic E-state index is -3.76. The highest BCUT2D eigenvalue weighted by atomic mass is 32.2. The van der Waals surface area contributed by atoms with Gasteiger partial charge in [-0.1, -0.05) is 48.0 Å². The summed E-state index contributed by atoms with van der Waals surface area (Å²) in [6, 6.07) is 16.3. The molecule has 7 heteroatoms. The molecule has 1 saturated heterocycles. The molecule has 0 saturated carbocycles. The zero-order valence-corrected chi connectivity index (χ0v) is 16.2. The van der Waals surface area contributed by atoms with E-state index in [1.165, 1.54) is 0 Å². The van der Waals surface area contributed by atoms with Crippen LogP contribution in [0.2, 0.25) is 0 Å². The van der Waals surface area contributed by atoms with Crippen molar-refractivity contribution in [2.75, 3.05) is 0 Å². The number of sulfonamides is 1. The summed E-state index contributed by atoms with van der Waals surface area (Å²) in [5.41, 5.74) is 1.88. The van der Waals surface area contributed by atoms with Crippen molar-refractivity contribution in [2.24, 2.45) is 5.10 Å². The largest absolute Gasteiger partial charge is 0.345 e. The van der Waals surface area contributed by atoms with Crippen molar-refractivity contribution in [3.63, 3.8) is 0 Å². The van der Waals surface area contributed by atoms with Crippen LogP contribution in [0.4, 0.5) is 0 Å². The highest BCUT2D eigenvalue weighted by Crippen LogP contribution is 2.22. The fraction of sp³-hybridized carbons (Fsp3) is 0.300. The SMILES string of the molecule is Cc1ccc(S(=O)(=O)N/N=C2/CCC(=O)N[C@]2(C)Cc2ccccc2)cc1. The molecular weight excluding hydrogens is 362 g/mol. The van der Waals surface area contributed by atoms with Crippen LogP contribution < -0.4 is 10.1 Å². The number of piperidine rings is 1. The Labute approximate surface area is 159 Å². The van der Waals surface area contributed by atoms with E-state index in [0.717, 1.165) is 11.1 Å². The van der Waals surface area contributed by atoms with Gasteiger partial charge in [0.05, 0.1) is 16.1 Å². The molecule has 1 amide bonds. The van der Waals surface area contributed by atoms with E-state index in [9.17, 15) is 13.2 Å². The molecule has 1 aliphatic rings. The van der Waals surface area contributed by atoms with Gasteiger partial charge in [0.25, 0.3) is 10.0 Å². The first kappa shape index (κ1) is 19.1. The van der Waals surface area contributed by atoms with Crippen molar-refractivity contribution in [3.8, 4) is 0 Å². The average molecular weight is 385 g/mol. The van der Waals surface area contributed by atoms with Crippen LogP contribution in [0.1, 0.15) is 30.9 Å². The zero-order valence-electron chi connectivity index (χ0n) is 15.4. The van der Waals surface area contributed by atoms with E-state index in [-0.39, 0.29) is 17.2 Å². The quantitative estimate of drug-likeness (QED) is 0.776. The zero-order chi connectivity index (χ0) is 19.5. The van der Waals surface area contributed by atoms with E-state index >= 15 is 0 Å². The molecule has 3 rings (SSSR count). The normalized spacial score (nSPS) is 21.7. The monoisotopic (exact) mass is 385 g/mol. The van der Waals surface area contributed by atoms with Gasteiger partial charge >= 0.3 is 0 Å². The van der Waals surface area contributed by atoms with E-state index in [1.807, 2.05) is 44.2 Å². The molecule has 0 aliphatic carbocycles. The molecule has 142 valence electrons. The first-order valence-corrected chi connectivity index (χ1v) is 10.3. The predicted molar refractivity (Wildman–Crippen MR) is 105 cm³/mol. The number of amides is 1. The van der Waals surface area contributed by atoms with Crippen LogP contribution >= 0.6 is 0 Å². The van der Waals surface area contributed by atoms with E-state index in [0.29, 0.717) is 18.6 Å². The molecule has 1 atom stereocenters. The molecule has 0 aromatic heterocycles. The molecule has 2 aromatic rings. The van der Waals surface area contributed by atoms with Crippen molar-refractivity contribution < 1.29 is 13.2 Å². The second kappa shape index (κ2) is 7.52. The van der Waals surface area contributed by atoms with Gasteiger partial charge < -0.3 is 5.32 Å². The van der Waals surface area contributed by atoms with Gasteiger partial charge in [0, 0.05) is 12.8 Å². The van der Waals surface area contributed by atoms with Crippen LogP contribution in [0.15, 0.2) is 64.6 Å². The Hall–Kier alpha value is -2.67.